The molecular weight excluding hydrogens is 445 g/mol. The molecule has 134 valence electrons. The molecule has 0 aliphatic carbocycles. The Morgan fingerprint density at radius 1 is 1.15 bits per heavy atom. The van der Waals surface area contributed by atoms with Crippen LogP contribution in [0.1, 0.15) is 27.9 Å². The minimum absolute atomic E-state index is 0.00124. The number of imide groups is 1. The highest BCUT2D eigenvalue weighted by Gasteiger charge is 2.40. The minimum atomic E-state index is -0.782. The van der Waals surface area contributed by atoms with E-state index >= 15 is 0 Å². The highest BCUT2D eigenvalue weighted by atomic mass is 127. The fraction of sp³-hybridized carbons (Fsp3) is 0.211. The van der Waals surface area contributed by atoms with Crippen LogP contribution in [0, 0.1) is 17.4 Å². The van der Waals surface area contributed by atoms with Crippen molar-refractivity contribution >= 4 is 46.0 Å². The molecule has 0 radical (unpaired) electrons. The lowest BCUT2D eigenvalue weighted by Gasteiger charge is -2.18. The summed E-state index contributed by atoms with van der Waals surface area (Å²) < 4.78 is 0.934. The number of carbonyl (C=O) groups is 3. The highest BCUT2D eigenvalue weighted by molar-refractivity contribution is 14.1. The van der Waals surface area contributed by atoms with Gasteiger partial charge in [0.15, 0.2) is 0 Å². The number of hydrazine groups is 1. The predicted octanol–water partition coefficient (Wildman–Crippen LogP) is 2.47. The van der Waals surface area contributed by atoms with E-state index in [1.807, 2.05) is 32.0 Å². The molecule has 0 spiro atoms. The van der Waals surface area contributed by atoms with Gasteiger partial charge in [-0.3, -0.25) is 19.8 Å². The van der Waals surface area contributed by atoms with E-state index in [4.69, 9.17) is 0 Å². The van der Waals surface area contributed by atoms with E-state index in [1.54, 1.807) is 24.3 Å². The third-order valence-corrected chi connectivity index (χ3v) is 4.86. The van der Waals surface area contributed by atoms with Crippen LogP contribution in [0.5, 0.6) is 0 Å². The number of aryl methyl sites for hydroxylation is 2. The number of carbonyl (C=O) groups excluding carboxylic acids is 3. The van der Waals surface area contributed by atoms with Gasteiger partial charge in [-0.15, -0.1) is 0 Å². The molecule has 1 atom stereocenters. The Balaban J connectivity index is 1.70. The number of anilines is 1. The number of halogens is 1. The molecule has 0 saturated carbocycles. The van der Waals surface area contributed by atoms with Gasteiger partial charge in [-0.1, -0.05) is 23.8 Å². The van der Waals surface area contributed by atoms with Crippen LogP contribution < -0.4 is 15.8 Å². The number of hydrogen-bond donors (Lipinski definition) is 2. The lowest BCUT2D eigenvalue weighted by molar-refractivity contribution is -0.121. The maximum atomic E-state index is 12.6. The largest absolute Gasteiger partial charge is 0.287 e. The van der Waals surface area contributed by atoms with E-state index < -0.39 is 6.04 Å². The number of nitrogens with one attached hydrogen (secondary N) is 2. The van der Waals surface area contributed by atoms with Gasteiger partial charge >= 0.3 is 0 Å². The Bertz CT molecular complexity index is 897. The monoisotopic (exact) mass is 463 g/mol. The van der Waals surface area contributed by atoms with Gasteiger partial charge in [-0.05, 0) is 66.3 Å². The number of hydrogen-bond acceptors (Lipinski definition) is 4. The average Bonchev–Trinajstić information content (AvgIpc) is 2.87. The van der Waals surface area contributed by atoms with Crippen molar-refractivity contribution in [2.75, 3.05) is 4.90 Å². The summed E-state index contributed by atoms with van der Waals surface area (Å²) in [5.74, 6) is -1.01. The number of nitrogens with zero attached hydrogens (tertiary/aromatic N) is 1. The molecule has 0 aromatic heterocycles. The van der Waals surface area contributed by atoms with Crippen LogP contribution in [-0.2, 0) is 9.59 Å². The summed E-state index contributed by atoms with van der Waals surface area (Å²) in [6, 6.07) is 11.9. The van der Waals surface area contributed by atoms with E-state index in [0.29, 0.717) is 11.3 Å². The fourth-order valence-electron chi connectivity index (χ4n) is 2.91. The summed E-state index contributed by atoms with van der Waals surface area (Å²) in [5.41, 5.74) is 8.20. The first kappa shape index (κ1) is 18.5. The lowest BCUT2D eigenvalue weighted by atomic mass is 10.1. The maximum absolute atomic E-state index is 12.6. The van der Waals surface area contributed by atoms with E-state index in [9.17, 15) is 14.4 Å². The molecule has 6 nitrogen and oxygen atoms in total. The Labute approximate surface area is 165 Å². The first-order chi connectivity index (χ1) is 12.4. The van der Waals surface area contributed by atoms with Crippen LogP contribution >= 0.6 is 22.6 Å². The number of amides is 3. The first-order valence-corrected chi connectivity index (χ1v) is 9.20. The third kappa shape index (κ3) is 3.78. The fourth-order valence-corrected chi connectivity index (χ4v) is 3.45. The average molecular weight is 463 g/mol. The molecule has 3 amide bonds. The molecule has 1 unspecified atom stereocenters. The van der Waals surface area contributed by atoms with Crippen LogP contribution in [0.3, 0.4) is 0 Å². The summed E-state index contributed by atoms with van der Waals surface area (Å²) in [6.45, 7) is 3.82. The summed E-state index contributed by atoms with van der Waals surface area (Å²) >= 11 is 2.12. The summed E-state index contributed by atoms with van der Waals surface area (Å²) in [4.78, 5) is 38.4. The van der Waals surface area contributed by atoms with Crippen molar-refractivity contribution < 1.29 is 14.4 Å². The van der Waals surface area contributed by atoms with Crippen LogP contribution in [0.4, 0.5) is 5.69 Å². The molecule has 7 heteroatoms. The van der Waals surface area contributed by atoms with Crippen LogP contribution in [0.15, 0.2) is 42.5 Å². The number of rotatable bonds is 4. The van der Waals surface area contributed by atoms with Crippen molar-refractivity contribution in [1.29, 1.82) is 0 Å². The Kier molecular flexibility index (Phi) is 5.38. The van der Waals surface area contributed by atoms with E-state index in [2.05, 4.69) is 33.4 Å². The van der Waals surface area contributed by atoms with Crippen molar-refractivity contribution in [1.82, 2.24) is 10.9 Å². The van der Waals surface area contributed by atoms with Gasteiger partial charge in [0.25, 0.3) is 11.8 Å². The van der Waals surface area contributed by atoms with E-state index in [1.165, 1.54) is 4.90 Å². The maximum Gasteiger partial charge on any atom is 0.265 e. The zero-order valence-electron chi connectivity index (χ0n) is 14.4. The zero-order chi connectivity index (χ0) is 18.8. The molecule has 26 heavy (non-hydrogen) atoms. The second kappa shape index (κ2) is 7.55. The molecule has 1 heterocycles. The normalized spacial score (nSPS) is 16.9. The second-order valence-corrected chi connectivity index (χ2v) is 7.47. The molecule has 1 fully saturated rings. The van der Waals surface area contributed by atoms with Gasteiger partial charge in [0.1, 0.15) is 6.04 Å². The molecule has 1 saturated heterocycles. The van der Waals surface area contributed by atoms with Crippen LogP contribution in [0.25, 0.3) is 0 Å². The molecular formula is C19H18IN3O3. The van der Waals surface area contributed by atoms with Crippen molar-refractivity contribution in [3.8, 4) is 0 Å². The van der Waals surface area contributed by atoms with Crippen LogP contribution in [-0.4, -0.2) is 23.8 Å². The third-order valence-electron chi connectivity index (χ3n) is 4.19. The van der Waals surface area contributed by atoms with E-state index in [0.717, 1.165) is 14.7 Å². The minimum Gasteiger partial charge on any atom is -0.287 e. The van der Waals surface area contributed by atoms with Crippen LogP contribution in [0.2, 0.25) is 0 Å². The summed E-state index contributed by atoms with van der Waals surface area (Å²) in [6.07, 6.45) is -0.00124. The zero-order valence-corrected chi connectivity index (χ0v) is 16.5. The SMILES string of the molecule is Cc1ccc(N2C(=O)CC(NNC(=O)c3cccc(I)c3)C2=O)c(C)c1. The van der Waals surface area contributed by atoms with Crippen molar-refractivity contribution in [2.24, 2.45) is 0 Å². The quantitative estimate of drug-likeness (QED) is 0.415. The first-order valence-electron chi connectivity index (χ1n) is 8.12. The standard InChI is InChI=1S/C19H18IN3O3/c1-11-6-7-16(12(2)8-11)23-17(24)10-15(19(23)26)21-22-18(25)13-4-3-5-14(20)9-13/h3-9,15,21H,10H2,1-2H3,(H,22,25). The molecule has 3 rings (SSSR count). The summed E-state index contributed by atoms with van der Waals surface area (Å²) in [5, 5.41) is 0. The predicted molar refractivity (Wildman–Crippen MR) is 107 cm³/mol. The van der Waals surface area contributed by atoms with Crippen molar-refractivity contribution in [3.05, 3.63) is 62.7 Å². The van der Waals surface area contributed by atoms with Gasteiger partial charge in [0, 0.05) is 9.13 Å². The Morgan fingerprint density at radius 3 is 2.62 bits per heavy atom. The lowest BCUT2D eigenvalue weighted by Crippen LogP contribution is -2.48. The van der Waals surface area contributed by atoms with Gasteiger partial charge in [-0.2, -0.15) is 0 Å². The molecule has 1 aliphatic heterocycles. The molecule has 2 aromatic carbocycles. The molecule has 2 N–H and O–H groups in total. The van der Waals surface area contributed by atoms with Gasteiger partial charge in [0.2, 0.25) is 5.91 Å². The molecule has 1 aliphatic rings. The topological polar surface area (TPSA) is 78.5 Å². The van der Waals surface area contributed by atoms with Gasteiger partial charge in [-0.25, -0.2) is 10.3 Å². The summed E-state index contributed by atoms with van der Waals surface area (Å²) in [7, 11) is 0. The smallest absolute Gasteiger partial charge is 0.265 e. The Morgan fingerprint density at radius 2 is 1.92 bits per heavy atom. The molecule has 0 bridgehead atoms. The Hall–Kier alpha value is -2.26. The number of benzene rings is 2. The van der Waals surface area contributed by atoms with Gasteiger partial charge in [0.05, 0.1) is 12.1 Å². The second-order valence-electron chi connectivity index (χ2n) is 6.22. The van der Waals surface area contributed by atoms with Crippen molar-refractivity contribution in [2.45, 2.75) is 26.3 Å². The van der Waals surface area contributed by atoms with E-state index in [-0.39, 0.29) is 24.1 Å². The van der Waals surface area contributed by atoms with Crippen molar-refractivity contribution in [3.63, 3.8) is 0 Å². The molecule has 2 aromatic rings. The van der Waals surface area contributed by atoms with Gasteiger partial charge < -0.3 is 0 Å². The highest BCUT2D eigenvalue weighted by Crippen LogP contribution is 2.26.